The number of halogens is 2. The molecule has 2 aromatic carbocycles. The van der Waals surface area contributed by atoms with Gasteiger partial charge in [-0.2, -0.15) is 0 Å². The van der Waals surface area contributed by atoms with E-state index in [-0.39, 0.29) is 23.6 Å². The SMILES string of the molecule is O=S1(=O)C[C@@H]2[C@@H](C1)N=C(SCc1ccc(Cl)cc1)N2c1ccc(Cl)cc1. The topological polar surface area (TPSA) is 49.7 Å². The van der Waals surface area contributed by atoms with Crippen LogP contribution in [0.5, 0.6) is 0 Å². The number of amidine groups is 1. The minimum atomic E-state index is -3.05. The molecule has 8 heteroatoms. The molecule has 26 heavy (non-hydrogen) atoms. The molecule has 0 aliphatic carbocycles. The predicted molar refractivity (Wildman–Crippen MR) is 110 cm³/mol. The third-order valence-corrected chi connectivity index (χ3v) is 7.73. The predicted octanol–water partition coefficient (Wildman–Crippen LogP) is 4.27. The van der Waals surface area contributed by atoms with E-state index in [0.29, 0.717) is 10.0 Å². The summed E-state index contributed by atoms with van der Waals surface area (Å²) in [6.07, 6.45) is 0. The Hall–Kier alpha value is -1.21. The van der Waals surface area contributed by atoms with Crippen molar-refractivity contribution in [1.29, 1.82) is 0 Å². The van der Waals surface area contributed by atoms with Crippen LogP contribution in [0.15, 0.2) is 53.5 Å². The molecule has 4 rings (SSSR count). The van der Waals surface area contributed by atoms with Crippen molar-refractivity contribution in [3.8, 4) is 0 Å². The number of aliphatic imine (C=N–C) groups is 1. The molecule has 0 aromatic heterocycles. The molecule has 2 aliphatic rings. The van der Waals surface area contributed by atoms with Gasteiger partial charge in [-0.3, -0.25) is 4.99 Å². The van der Waals surface area contributed by atoms with Crippen LogP contribution in [0.25, 0.3) is 0 Å². The van der Waals surface area contributed by atoms with Crippen molar-refractivity contribution in [2.75, 3.05) is 16.4 Å². The van der Waals surface area contributed by atoms with E-state index in [1.54, 1.807) is 11.8 Å². The van der Waals surface area contributed by atoms with Gasteiger partial charge in [-0.15, -0.1) is 0 Å². The molecule has 0 radical (unpaired) electrons. The molecule has 0 spiro atoms. The molecule has 2 aromatic rings. The Balaban J connectivity index is 1.60. The molecule has 0 unspecified atom stereocenters. The third-order valence-electron chi connectivity index (χ3n) is 4.49. The van der Waals surface area contributed by atoms with Gasteiger partial charge in [0, 0.05) is 21.5 Å². The summed E-state index contributed by atoms with van der Waals surface area (Å²) in [5.41, 5.74) is 2.06. The van der Waals surface area contributed by atoms with Gasteiger partial charge in [0.1, 0.15) is 0 Å². The summed E-state index contributed by atoms with van der Waals surface area (Å²) in [5, 5.41) is 2.21. The number of hydrogen-bond acceptors (Lipinski definition) is 5. The number of hydrogen-bond donors (Lipinski definition) is 0. The molecular weight excluding hydrogens is 411 g/mol. The van der Waals surface area contributed by atoms with Gasteiger partial charge in [0.25, 0.3) is 0 Å². The van der Waals surface area contributed by atoms with Crippen molar-refractivity contribution in [2.24, 2.45) is 4.99 Å². The Kier molecular flexibility index (Phi) is 4.94. The molecule has 2 heterocycles. The average Bonchev–Trinajstić information content (AvgIpc) is 3.06. The van der Waals surface area contributed by atoms with Crippen LogP contribution in [0.2, 0.25) is 10.0 Å². The molecule has 2 atom stereocenters. The van der Waals surface area contributed by atoms with E-state index in [9.17, 15) is 8.42 Å². The molecule has 136 valence electrons. The highest BCUT2D eigenvalue weighted by atomic mass is 35.5. The van der Waals surface area contributed by atoms with Crippen LogP contribution in [0, 0.1) is 0 Å². The zero-order valence-corrected chi connectivity index (χ0v) is 16.8. The number of benzene rings is 2. The van der Waals surface area contributed by atoms with Crippen molar-refractivity contribution in [1.82, 2.24) is 0 Å². The molecule has 1 fully saturated rings. The third kappa shape index (κ3) is 3.74. The molecule has 1 saturated heterocycles. The molecular formula is C18H16Cl2N2O2S2. The molecule has 0 bridgehead atoms. The summed E-state index contributed by atoms with van der Waals surface area (Å²) in [6, 6.07) is 14.8. The first kappa shape index (κ1) is 18.2. The average molecular weight is 427 g/mol. The summed E-state index contributed by atoms with van der Waals surface area (Å²) in [5.74, 6) is 0.994. The van der Waals surface area contributed by atoms with Gasteiger partial charge in [-0.25, -0.2) is 8.42 Å². The smallest absolute Gasteiger partial charge is 0.164 e. The Morgan fingerprint density at radius 3 is 2.27 bits per heavy atom. The van der Waals surface area contributed by atoms with Crippen molar-refractivity contribution >= 4 is 55.7 Å². The lowest BCUT2D eigenvalue weighted by Crippen LogP contribution is -2.39. The highest BCUT2D eigenvalue weighted by molar-refractivity contribution is 8.13. The number of nitrogens with zero attached hydrogens (tertiary/aromatic N) is 2. The maximum Gasteiger partial charge on any atom is 0.164 e. The monoisotopic (exact) mass is 426 g/mol. The lowest BCUT2D eigenvalue weighted by Gasteiger charge is -2.26. The quantitative estimate of drug-likeness (QED) is 0.734. The van der Waals surface area contributed by atoms with Crippen molar-refractivity contribution in [3.63, 3.8) is 0 Å². The van der Waals surface area contributed by atoms with E-state index in [4.69, 9.17) is 28.2 Å². The number of fused-ring (bicyclic) bond motifs is 1. The number of thioether (sulfide) groups is 1. The fourth-order valence-electron chi connectivity index (χ4n) is 3.27. The fraction of sp³-hybridized carbons (Fsp3) is 0.278. The van der Waals surface area contributed by atoms with Crippen LogP contribution >= 0.6 is 35.0 Å². The second-order valence-corrected chi connectivity index (χ2v) is 10.4. The van der Waals surface area contributed by atoms with E-state index in [1.807, 2.05) is 53.4 Å². The second kappa shape index (κ2) is 7.08. The largest absolute Gasteiger partial charge is 0.315 e. The molecule has 2 aliphatic heterocycles. The Labute approximate surface area is 167 Å². The molecule has 0 saturated carbocycles. The van der Waals surface area contributed by atoms with E-state index < -0.39 is 9.84 Å². The van der Waals surface area contributed by atoms with Gasteiger partial charge in [-0.1, -0.05) is 47.1 Å². The van der Waals surface area contributed by atoms with Gasteiger partial charge < -0.3 is 4.90 Å². The van der Waals surface area contributed by atoms with Gasteiger partial charge in [0.2, 0.25) is 0 Å². The maximum atomic E-state index is 12.1. The van der Waals surface area contributed by atoms with Gasteiger partial charge in [0.15, 0.2) is 15.0 Å². The van der Waals surface area contributed by atoms with E-state index in [2.05, 4.69) is 0 Å². The fourth-order valence-corrected chi connectivity index (χ4v) is 6.44. The van der Waals surface area contributed by atoms with Crippen LogP contribution in [0.4, 0.5) is 5.69 Å². The number of sulfone groups is 1. The minimum absolute atomic E-state index is 0.118. The first-order chi connectivity index (χ1) is 12.4. The first-order valence-electron chi connectivity index (χ1n) is 8.11. The first-order valence-corrected chi connectivity index (χ1v) is 11.7. The van der Waals surface area contributed by atoms with Gasteiger partial charge >= 0.3 is 0 Å². The van der Waals surface area contributed by atoms with Crippen LogP contribution in [0.3, 0.4) is 0 Å². The van der Waals surface area contributed by atoms with Crippen LogP contribution in [0.1, 0.15) is 5.56 Å². The molecule has 0 N–H and O–H groups in total. The Morgan fingerprint density at radius 2 is 1.62 bits per heavy atom. The zero-order valence-electron chi connectivity index (χ0n) is 13.7. The molecule has 4 nitrogen and oxygen atoms in total. The second-order valence-electron chi connectivity index (χ2n) is 6.38. The van der Waals surface area contributed by atoms with Gasteiger partial charge in [-0.05, 0) is 42.0 Å². The maximum absolute atomic E-state index is 12.1. The summed E-state index contributed by atoms with van der Waals surface area (Å²) in [4.78, 5) is 6.77. The number of rotatable bonds is 3. The van der Waals surface area contributed by atoms with Crippen molar-refractivity contribution in [2.45, 2.75) is 17.8 Å². The van der Waals surface area contributed by atoms with Crippen molar-refractivity contribution < 1.29 is 8.42 Å². The van der Waals surface area contributed by atoms with E-state index >= 15 is 0 Å². The Morgan fingerprint density at radius 1 is 1.00 bits per heavy atom. The lowest BCUT2D eigenvalue weighted by atomic mass is 10.1. The minimum Gasteiger partial charge on any atom is -0.315 e. The summed E-state index contributed by atoms with van der Waals surface area (Å²) < 4.78 is 24.1. The summed E-state index contributed by atoms with van der Waals surface area (Å²) in [7, 11) is -3.05. The lowest BCUT2D eigenvalue weighted by molar-refractivity contribution is 0.601. The highest BCUT2D eigenvalue weighted by Crippen LogP contribution is 2.36. The highest BCUT2D eigenvalue weighted by Gasteiger charge is 2.47. The van der Waals surface area contributed by atoms with Crippen LogP contribution in [-0.4, -0.2) is 37.2 Å². The molecule has 0 amide bonds. The normalized spacial score (nSPS) is 23.8. The van der Waals surface area contributed by atoms with Gasteiger partial charge in [0.05, 0.1) is 23.6 Å². The summed E-state index contributed by atoms with van der Waals surface area (Å²) >= 11 is 13.6. The zero-order chi connectivity index (χ0) is 18.3. The van der Waals surface area contributed by atoms with Crippen LogP contribution < -0.4 is 4.90 Å². The van der Waals surface area contributed by atoms with Crippen LogP contribution in [-0.2, 0) is 15.6 Å². The Bertz CT molecular complexity index is 944. The van der Waals surface area contributed by atoms with Crippen molar-refractivity contribution in [3.05, 3.63) is 64.1 Å². The van der Waals surface area contributed by atoms with E-state index in [0.717, 1.165) is 22.2 Å². The number of anilines is 1. The van der Waals surface area contributed by atoms with E-state index in [1.165, 1.54) is 0 Å². The standard InChI is InChI=1S/C18H16Cl2N2O2S2/c19-13-3-1-12(2-4-13)9-25-18-21-16-10-26(23,24)11-17(16)22(18)15-7-5-14(20)6-8-15/h1-8,16-17H,9-11H2/t16-,17-/m1/s1. The summed E-state index contributed by atoms with van der Waals surface area (Å²) in [6.45, 7) is 0.